The van der Waals surface area contributed by atoms with Crippen molar-refractivity contribution < 1.29 is 28.1 Å². The van der Waals surface area contributed by atoms with E-state index in [0.29, 0.717) is 0 Å². The van der Waals surface area contributed by atoms with Crippen LogP contribution in [0.3, 0.4) is 0 Å². The van der Waals surface area contributed by atoms with Crippen LogP contribution in [-0.2, 0) is 41.2 Å². The van der Waals surface area contributed by atoms with Crippen molar-refractivity contribution in [2.45, 2.75) is 118 Å². The van der Waals surface area contributed by atoms with Gasteiger partial charge in [0.2, 0.25) is 0 Å². The molecule has 10 rings (SSSR count). The molecule has 4 aliphatic heterocycles. The number of thiophene rings is 2. The van der Waals surface area contributed by atoms with Gasteiger partial charge in [0, 0.05) is 53.8 Å². The first-order valence-corrected chi connectivity index (χ1v) is 27.8. The maximum Gasteiger partial charge on any atom is 0.488 e. The smallest absolute Gasteiger partial charge is 0.405 e. The van der Waals surface area contributed by atoms with Gasteiger partial charge in [-0.05, 0) is 134 Å². The molecular weight excluding hydrogens is 1110 g/mol. The predicted octanol–water partition coefficient (Wildman–Crippen LogP) is 16.3. The van der Waals surface area contributed by atoms with E-state index in [4.69, 9.17) is 51.3 Å². The molecule has 4 fully saturated rings. The highest BCUT2D eigenvalue weighted by molar-refractivity contribution is 9.10. The summed E-state index contributed by atoms with van der Waals surface area (Å²) in [4.78, 5) is 4.93. The van der Waals surface area contributed by atoms with Crippen LogP contribution in [0.4, 0.5) is 0 Å². The molecule has 4 saturated heterocycles. The van der Waals surface area contributed by atoms with Crippen LogP contribution in [0.1, 0.15) is 105 Å². The van der Waals surface area contributed by atoms with Crippen LogP contribution < -0.4 is 0 Å². The van der Waals surface area contributed by atoms with Crippen molar-refractivity contribution in [1.29, 1.82) is 0 Å². The van der Waals surface area contributed by atoms with E-state index in [1.165, 1.54) is 39.2 Å². The number of ether oxygens (including phenoxy) is 2. The van der Waals surface area contributed by atoms with Crippen molar-refractivity contribution in [1.82, 2.24) is 9.80 Å². The van der Waals surface area contributed by atoms with Gasteiger partial charge < -0.3 is 28.1 Å². The first kappa shape index (κ1) is 60.5. The van der Waals surface area contributed by atoms with Gasteiger partial charge in [-0.15, -0.1) is 22.7 Å². The fourth-order valence-electron chi connectivity index (χ4n) is 8.10. The average molecular weight is 1190 g/mol. The van der Waals surface area contributed by atoms with Gasteiger partial charge in [0.15, 0.2) is 0 Å². The number of morpholine rings is 2. The molecule has 2 atom stereocenters. The van der Waals surface area contributed by atoms with E-state index in [2.05, 4.69) is 145 Å². The molecule has 6 aromatic rings. The standard InChI is InChI=1S/C21H20ClNOS.C17H18BrNO.C12H24B2O4.C4H2BrClS.2CH4/c22-21-19(10-13-25-21)17-8-6-16(7-9-17)14-23-11-12-24-20(15-23)18-4-2-1-3-5-18;18-16-8-6-14(7-9-16)12-19-10-11-20-17(13-19)15-4-2-1-3-5-15;1-9(2)10(3,4)16-13(15-9)14-17-11(5,6)12(7,8)18-14;5-3-1-2-7-4(3)6;;/h1-10,13,20H,11-12,14-15H2;1-9,17H,10-13H2;1-8H3;1-2H;2*1H4/t20-;17-;;;;/m11..../s1. The lowest BCUT2D eigenvalue weighted by atomic mass is 9.49. The molecule has 0 N–H and O–H groups in total. The second-order valence-electron chi connectivity index (χ2n) is 19.7. The molecule has 0 bridgehead atoms. The van der Waals surface area contributed by atoms with Gasteiger partial charge in [-0.1, -0.05) is 151 Å². The van der Waals surface area contributed by atoms with E-state index in [1.54, 1.807) is 11.3 Å². The Kier molecular flexibility index (Phi) is 22.8. The van der Waals surface area contributed by atoms with Crippen molar-refractivity contribution in [3.63, 3.8) is 0 Å². The van der Waals surface area contributed by atoms with Crippen LogP contribution in [0, 0.1) is 0 Å². The molecule has 16 heteroatoms. The second-order valence-corrected chi connectivity index (χ2v) is 24.5. The zero-order valence-corrected chi connectivity index (χ0v) is 47.7. The van der Waals surface area contributed by atoms with Crippen LogP contribution in [-0.4, -0.2) is 85.6 Å². The van der Waals surface area contributed by atoms with Crippen LogP contribution in [0.2, 0.25) is 8.67 Å². The van der Waals surface area contributed by atoms with Crippen molar-refractivity contribution in [3.05, 3.63) is 172 Å². The van der Waals surface area contributed by atoms with E-state index in [-0.39, 0.29) is 49.5 Å². The molecule has 0 radical (unpaired) electrons. The molecule has 0 saturated carbocycles. The van der Waals surface area contributed by atoms with E-state index in [0.717, 1.165) is 75.7 Å². The number of rotatable bonds is 8. The lowest BCUT2D eigenvalue weighted by Gasteiger charge is -2.33. The summed E-state index contributed by atoms with van der Waals surface area (Å²) in [6.07, 6.45) is 0.360. The highest BCUT2D eigenvalue weighted by Gasteiger charge is 2.63. The fourth-order valence-corrected chi connectivity index (χ4v) is 10.6. The van der Waals surface area contributed by atoms with Gasteiger partial charge in [0.25, 0.3) is 0 Å². The Bertz CT molecular complexity index is 2460. The van der Waals surface area contributed by atoms with Gasteiger partial charge in [-0.2, -0.15) is 0 Å². The predicted molar refractivity (Wildman–Crippen MR) is 312 cm³/mol. The maximum absolute atomic E-state index is 6.24. The Balaban J connectivity index is 0.000000187. The Labute approximate surface area is 466 Å². The summed E-state index contributed by atoms with van der Waals surface area (Å²) in [6, 6.07) is 42.3. The third-order valence-corrected chi connectivity index (χ3v) is 17.6. The van der Waals surface area contributed by atoms with Crippen molar-refractivity contribution in [2.24, 2.45) is 0 Å². The maximum atomic E-state index is 6.24. The summed E-state index contributed by atoms with van der Waals surface area (Å²) >= 11 is 21.7. The average Bonchev–Trinajstić information content (AvgIpc) is 4.07. The number of halogens is 4. The summed E-state index contributed by atoms with van der Waals surface area (Å²) in [5, 5.41) is 3.97. The molecule has 2 aromatic heterocycles. The molecule has 72 heavy (non-hydrogen) atoms. The monoisotopic (exact) mass is 1180 g/mol. The van der Waals surface area contributed by atoms with Crippen molar-refractivity contribution in [3.8, 4) is 11.1 Å². The SMILES string of the molecule is Brc1ccc(CN2CCO[C@@H](c3ccccc3)C2)cc1.C.C.CC1(C)OB(B2OC(C)(C)C(C)(C)O2)OC1(C)C.Clc1sccc1-c1ccc(CN2CCO[C@@H](c3ccccc3)C2)cc1.Clc1sccc1Br. The summed E-state index contributed by atoms with van der Waals surface area (Å²) in [5.41, 5.74) is 6.06. The highest BCUT2D eigenvalue weighted by Crippen LogP contribution is 2.43. The summed E-state index contributed by atoms with van der Waals surface area (Å²) in [7, 11) is -0.952. The molecule has 0 unspecified atom stereocenters. The summed E-state index contributed by atoms with van der Waals surface area (Å²) < 4.78 is 39.5. The van der Waals surface area contributed by atoms with Crippen LogP contribution in [0.15, 0.2) is 141 Å². The van der Waals surface area contributed by atoms with Gasteiger partial charge in [-0.3, -0.25) is 9.80 Å². The van der Waals surface area contributed by atoms with E-state index in [1.807, 2.05) is 84.3 Å². The first-order chi connectivity index (χ1) is 33.3. The molecular formula is C56H72B2Br2Cl2N2O6S2. The minimum absolute atomic E-state index is 0. The highest BCUT2D eigenvalue weighted by atomic mass is 79.9. The lowest BCUT2D eigenvalue weighted by molar-refractivity contribution is -0.0330. The van der Waals surface area contributed by atoms with Crippen molar-refractivity contribution >= 4 is 91.8 Å². The number of hydrogen-bond acceptors (Lipinski definition) is 10. The minimum Gasteiger partial charge on any atom is -0.405 e. The fraction of sp³-hybridized carbons (Fsp3) is 0.429. The summed E-state index contributed by atoms with van der Waals surface area (Å²) in [5.74, 6) is 0. The zero-order valence-electron chi connectivity index (χ0n) is 41.3. The molecule has 0 spiro atoms. The van der Waals surface area contributed by atoms with Crippen LogP contribution in [0.25, 0.3) is 11.1 Å². The van der Waals surface area contributed by atoms with Crippen LogP contribution >= 0.6 is 77.7 Å². The van der Waals surface area contributed by atoms with Gasteiger partial charge in [0.1, 0.15) is 8.67 Å². The Morgan fingerprint density at radius 2 is 0.917 bits per heavy atom. The molecule has 0 amide bonds. The molecule has 4 aliphatic rings. The van der Waals surface area contributed by atoms with Gasteiger partial charge in [-0.25, -0.2) is 0 Å². The quantitative estimate of drug-likeness (QED) is 0.140. The normalized spacial score (nSPS) is 20.8. The summed E-state index contributed by atoms with van der Waals surface area (Å²) in [6.45, 7) is 23.6. The molecule has 388 valence electrons. The third-order valence-electron chi connectivity index (χ3n) is 13.6. The van der Waals surface area contributed by atoms with Gasteiger partial charge in [0.05, 0.1) is 47.8 Å². The minimum atomic E-state index is -0.476. The molecule has 6 heterocycles. The Morgan fingerprint density at radius 3 is 1.26 bits per heavy atom. The van der Waals surface area contributed by atoms with Crippen LogP contribution in [0.5, 0.6) is 0 Å². The van der Waals surface area contributed by atoms with Gasteiger partial charge >= 0.3 is 14.0 Å². The van der Waals surface area contributed by atoms with E-state index in [9.17, 15) is 0 Å². The molecule has 0 aliphatic carbocycles. The van der Waals surface area contributed by atoms with E-state index >= 15 is 0 Å². The first-order valence-electron chi connectivity index (χ1n) is 23.7. The van der Waals surface area contributed by atoms with Crippen molar-refractivity contribution in [2.75, 3.05) is 39.4 Å². The number of benzene rings is 4. The number of hydrogen-bond donors (Lipinski definition) is 0. The lowest BCUT2D eigenvalue weighted by Crippen LogP contribution is -2.41. The zero-order chi connectivity index (χ0) is 50.1. The Morgan fingerprint density at radius 1 is 0.528 bits per heavy atom. The van der Waals surface area contributed by atoms with E-state index < -0.39 is 14.0 Å². The largest absolute Gasteiger partial charge is 0.488 e. The second kappa shape index (κ2) is 27.1. The topological polar surface area (TPSA) is 61.9 Å². The molecule has 4 aromatic carbocycles. The molecule has 8 nitrogen and oxygen atoms in total. The Hall–Kier alpha value is -2.37. The number of nitrogens with zero attached hydrogens (tertiary/aromatic N) is 2. The third kappa shape index (κ3) is 16.3.